The third-order valence-corrected chi connectivity index (χ3v) is 6.02. The van der Waals surface area contributed by atoms with E-state index in [0.29, 0.717) is 29.4 Å². The number of nitrogens with zero attached hydrogens (tertiary/aromatic N) is 3. The summed E-state index contributed by atoms with van der Waals surface area (Å²) >= 11 is 1.38. The van der Waals surface area contributed by atoms with Crippen LogP contribution >= 0.6 is 11.8 Å². The average molecular weight is 338 g/mol. The summed E-state index contributed by atoms with van der Waals surface area (Å²) in [6, 6.07) is 0.447. The highest BCUT2D eigenvalue weighted by molar-refractivity contribution is 7.99. The first-order valence-corrected chi connectivity index (χ1v) is 9.76. The molecule has 1 aliphatic carbocycles. The Labute approximate surface area is 141 Å². The van der Waals surface area contributed by atoms with Gasteiger partial charge in [-0.05, 0) is 38.0 Å². The summed E-state index contributed by atoms with van der Waals surface area (Å²) in [7, 11) is 0. The Hall–Kier alpha value is -1.24. The van der Waals surface area contributed by atoms with Crippen LogP contribution in [0.1, 0.15) is 51.9 Å². The van der Waals surface area contributed by atoms with Crippen LogP contribution in [0.2, 0.25) is 0 Å². The maximum atomic E-state index is 12.7. The first-order valence-electron chi connectivity index (χ1n) is 8.78. The van der Waals surface area contributed by atoms with E-state index in [1.807, 2.05) is 6.92 Å². The van der Waals surface area contributed by atoms with Crippen LogP contribution in [0.4, 0.5) is 0 Å². The topological polar surface area (TPSA) is 71.0 Å². The Kier molecular flexibility index (Phi) is 5.46. The molecule has 1 amide bonds. The molecule has 1 aromatic rings. The minimum Gasteiger partial charge on any atom is -0.339 e. The van der Waals surface area contributed by atoms with Crippen LogP contribution in [0.25, 0.3) is 0 Å². The van der Waals surface area contributed by atoms with Crippen LogP contribution in [-0.2, 0) is 11.3 Å². The fourth-order valence-electron chi connectivity index (χ4n) is 3.98. The van der Waals surface area contributed by atoms with Crippen molar-refractivity contribution in [2.24, 2.45) is 5.92 Å². The number of rotatable bonds is 5. The Morgan fingerprint density at radius 3 is 2.91 bits per heavy atom. The number of H-pyrrole nitrogens is 1. The number of amides is 1. The van der Waals surface area contributed by atoms with E-state index in [4.69, 9.17) is 0 Å². The molecule has 2 aliphatic rings. The molecule has 2 fully saturated rings. The summed E-state index contributed by atoms with van der Waals surface area (Å²) in [6.07, 6.45) is 8.26. The van der Waals surface area contributed by atoms with Crippen LogP contribution in [-0.4, -0.2) is 43.9 Å². The second-order valence-corrected chi connectivity index (χ2v) is 7.54. The number of nitrogens with one attached hydrogen (secondary N) is 1. The lowest BCUT2D eigenvalue weighted by molar-refractivity contribution is -0.134. The zero-order valence-corrected chi connectivity index (χ0v) is 14.6. The molecular weight excluding hydrogens is 312 g/mol. The first-order chi connectivity index (χ1) is 11.2. The zero-order valence-electron chi connectivity index (χ0n) is 13.8. The SMILES string of the molecule is CCCn1c(SCC(=O)N2CCC[C@H]3CCCC[C@H]32)n[nH]c1=O. The van der Waals surface area contributed by atoms with Crippen molar-refractivity contribution in [3.8, 4) is 0 Å². The molecule has 0 aromatic carbocycles. The van der Waals surface area contributed by atoms with Gasteiger partial charge in [-0.15, -0.1) is 5.10 Å². The van der Waals surface area contributed by atoms with Crippen LogP contribution in [0.5, 0.6) is 0 Å². The highest BCUT2D eigenvalue weighted by Crippen LogP contribution is 2.35. The number of carbonyl (C=O) groups is 1. The molecule has 23 heavy (non-hydrogen) atoms. The molecule has 2 atom stereocenters. The lowest BCUT2D eigenvalue weighted by Crippen LogP contribution is -2.50. The molecule has 1 saturated carbocycles. The number of piperidine rings is 1. The van der Waals surface area contributed by atoms with Crippen LogP contribution in [0, 0.1) is 5.92 Å². The van der Waals surface area contributed by atoms with Crippen molar-refractivity contribution < 1.29 is 4.79 Å². The van der Waals surface area contributed by atoms with E-state index in [0.717, 1.165) is 25.8 Å². The van der Waals surface area contributed by atoms with E-state index in [1.165, 1.54) is 37.4 Å². The second-order valence-electron chi connectivity index (χ2n) is 6.59. The van der Waals surface area contributed by atoms with Gasteiger partial charge < -0.3 is 4.90 Å². The van der Waals surface area contributed by atoms with Crippen LogP contribution < -0.4 is 5.69 Å². The van der Waals surface area contributed by atoms with E-state index in [2.05, 4.69) is 15.1 Å². The molecule has 0 spiro atoms. The summed E-state index contributed by atoms with van der Waals surface area (Å²) in [4.78, 5) is 26.5. The van der Waals surface area contributed by atoms with Gasteiger partial charge >= 0.3 is 5.69 Å². The number of aromatic amines is 1. The number of hydrogen-bond donors (Lipinski definition) is 1. The molecule has 2 heterocycles. The Morgan fingerprint density at radius 1 is 1.30 bits per heavy atom. The third kappa shape index (κ3) is 3.65. The summed E-state index contributed by atoms with van der Waals surface area (Å²) in [5.41, 5.74) is -0.188. The van der Waals surface area contributed by atoms with Gasteiger partial charge in [0.05, 0.1) is 5.75 Å². The smallest absolute Gasteiger partial charge is 0.339 e. The van der Waals surface area contributed by atoms with Crippen LogP contribution in [0.3, 0.4) is 0 Å². The molecule has 7 heteroatoms. The van der Waals surface area contributed by atoms with E-state index in [-0.39, 0.29) is 11.6 Å². The highest BCUT2D eigenvalue weighted by atomic mass is 32.2. The molecule has 0 bridgehead atoms. The van der Waals surface area contributed by atoms with Crippen molar-refractivity contribution in [2.45, 2.75) is 69.6 Å². The molecule has 0 radical (unpaired) electrons. The molecule has 1 saturated heterocycles. The predicted molar refractivity (Wildman–Crippen MR) is 90.6 cm³/mol. The normalized spacial score (nSPS) is 24.5. The van der Waals surface area contributed by atoms with Crippen molar-refractivity contribution >= 4 is 17.7 Å². The number of aromatic nitrogens is 3. The lowest BCUT2D eigenvalue weighted by atomic mass is 9.78. The van der Waals surface area contributed by atoms with E-state index >= 15 is 0 Å². The van der Waals surface area contributed by atoms with Crippen molar-refractivity contribution in [3.63, 3.8) is 0 Å². The third-order valence-electron chi connectivity index (χ3n) is 5.06. The molecule has 0 unspecified atom stereocenters. The lowest BCUT2D eigenvalue weighted by Gasteiger charge is -2.44. The standard InChI is InChI=1S/C16H26N4O2S/c1-2-9-20-15(22)17-18-16(20)23-11-14(21)19-10-5-7-12-6-3-4-8-13(12)19/h12-13H,2-11H2,1H3,(H,17,22)/t12-,13-/m1/s1. The van der Waals surface area contributed by atoms with E-state index < -0.39 is 0 Å². The Bertz CT molecular complexity index is 595. The second kappa shape index (κ2) is 7.55. The van der Waals surface area contributed by atoms with E-state index in [1.54, 1.807) is 4.57 Å². The quantitative estimate of drug-likeness (QED) is 0.836. The van der Waals surface area contributed by atoms with Crippen molar-refractivity contribution in [1.82, 2.24) is 19.7 Å². The Morgan fingerprint density at radius 2 is 2.09 bits per heavy atom. The fourth-order valence-corrected chi connectivity index (χ4v) is 4.84. The maximum Gasteiger partial charge on any atom is 0.343 e. The molecule has 3 rings (SSSR count). The Balaban J connectivity index is 1.61. The number of carbonyl (C=O) groups excluding carboxylic acids is 1. The summed E-state index contributed by atoms with van der Waals surface area (Å²) in [5, 5.41) is 7.16. The van der Waals surface area contributed by atoms with Gasteiger partial charge in [-0.25, -0.2) is 9.89 Å². The average Bonchev–Trinajstić information content (AvgIpc) is 2.93. The van der Waals surface area contributed by atoms with Crippen molar-refractivity contribution in [3.05, 3.63) is 10.5 Å². The van der Waals surface area contributed by atoms with Gasteiger partial charge in [0, 0.05) is 19.1 Å². The first kappa shape index (κ1) is 16.6. The largest absolute Gasteiger partial charge is 0.343 e. The molecule has 1 aromatic heterocycles. The van der Waals surface area contributed by atoms with Gasteiger partial charge in [0.15, 0.2) is 5.16 Å². The molecule has 128 valence electrons. The van der Waals surface area contributed by atoms with E-state index in [9.17, 15) is 9.59 Å². The van der Waals surface area contributed by atoms with Gasteiger partial charge in [0.1, 0.15) is 0 Å². The van der Waals surface area contributed by atoms with Crippen molar-refractivity contribution in [2.75, 3.05) is 12.3 Å². The van der Waals surface area contributed by atoms with Crippen LogP contribution in [0.15, 0.2) is 9.95 Å². The molecule has 1 aliphatic heterocycles. The maximum absolute atomic E-state index is 12.7. The molecule has 6 nitrogen and oxygen atoms in total. The number of likely N-dealkylation sites (tertiary alicyclic amines) is 1. The number of fused-ring (bicyclic) bond motifs is 1. The minimum atomic E-state index is -0.188. The van der Waals surface area contributed by atoms with Gasteiger partial charge in [-0.2, -0.15) is 0 Å². The predicted octanol–water partition coefficient (Wildman–Crippen LogP) is 2.25. The van der Waals surface area contributed by atoms with Gasteiger partial charge in [0.2, 0.25) is 5.91 Å². The molecule has 1 N–H and O–H groups in total. The highest BCUT2D eigenvalue weighted by Gasteiger charge is 2.35. The fraction of sp³-hybridized carbons (Fsp3) is 0.812. The van der Waals surface area contributed by atoms with Gasteiger partial charge in [-0.1, -0.05) is 31.5 Å². The summed E-state index contributed by atoms with van der Waals surface area (Å²) in [6.45, 7) is 3.55. The van der Waals surface area contributed by atoms with Gasteiger partial charge in [-0.3, -0.25) is 9.36 Å². The summed E-state index contributed by atoms with van der Waals surface area (Å²) in [5.74, 6) is 1.28. The number of thioether (sulfide) groups is 1. The van der Waals surface area contributed by atoms with Crippen molar-refractivity contribution in [1.29, 1.82) is 0 Å². The monoisotopic (exact) mass is 338 g/mol. The minimum absolute atomic E-state index is 0.188. The zero-order chi connectivity index (χ0) is 16.2. The number of hydrogen-bond acceptors (Lipinski definition) is 4. The van der Waals surface area contributed by atoms with Gasteiger partial charge in [0.25, 0.3) is 0 Å². The molecular formula is C16H26N4O2S. The summed E-state index contributed by atoms with van der Waals surface area (Å²) < 4.78 is 1.62.